The van der Waals surface area contributed by atoms with Crippen molar-refractivity contribution < 1.29 is 15.0 Å². The van der Waals surface area contributed by atoms with Gasteiger partial charge in [-0.05, 0) is 19.3 Å². The van der Waals surface area contributed by atoms with Crippen molar-refractivity contribution in [2.24, 2.45) is 0 Å². The molecule has 0 aliphatic heterocycles. The summed E-state index contributed by atoms with van der Waals surface area (Å²) in [5, 5.41) is 20.9. The summed E-state index contributed by atoms with van der Waals surface area (Å²) in [6, 6.07) is 0. The minimum absolute atomic E-state index is 0.0257. The van der Waals surface area contributed by atoms with Gasteiger partial charge in [0.15, 0.2) is 0 Å². The van der Waals surface area contributed by atoms with Crippen LogP contribution >= 0.6 is 0 Å². The molecule has 0 heterocycles. The second-order valence-corrected chi connectivity index (χ2v) is 4.37. The first kappa shape index (κ1) is 12.5. The lowest BCUT2D eigenvalue weighted by Crippen LogP contribution is -2.52. The summed E-state index contributed by atoms with van der Waals surface area (Å²) in [4.78, 5) is 11.5. The average molecular weight is 215 g/mol. The van der Waals surface area contributed by atoms with Crippen LogP contribution in [0.2, 0.25) is 0 Å². The zero-order valence-corrected chi connectivity index (χ0v) is 9.17. The van der Waals surface area contributed by atoms with Crippen LogP contribution in [-0.4, -0.2) is 34.9 Å². The maximum atomic E-state index is 11.5. The van der Waals surface area contributed by atoms with E-state index < -0.39 is 0 Å². The van der Waals surface area contributed by atoms with Crippen LogP contribution in [0.1, 0.15) is 44.9 Å². The zero-order valence-electron chi connectivity index (χ0n) is 9.17. The number of amides is 1. The van der Waals surface area contributed by atoms with Gasteiger partial charge in [-0.2, -0.15) is 0 Å². The molecule has 1 aliphatic carbocycles. The Bertz CT molecular complexity index is 200. The molecule has 0 aromatic carbocycles. The zero-order chi connectivity index (χ0) is 11.1. The third-order valence-electron chi connectivity index (χ3n) is 3.08. The Balaban J connectivity index is 2.40. The van der Waals surface area contributed by atoms with Gasteiger partial charge in [0.2, 0.25) is 5.91 Å². The second-order valence-electron chi connectivity index (χ2n) is 4.37. The van der Waals surface area contributed by atoms with Crippen LogP contribution in [0.3, 0.4) is 0 Å². The van der Waals surface area contributed by atoms with E-state index >= 15 is 0 Å². The SMILES string of the molecule is O=C(CCCO)NC1(CO)CCCCC1. The molecule has 4 heteroatoms. The van der Waals surface area contributed by atoms with E-state index in [9.17, 15) is 9.90 Å². The topological polar surface area (TPSA) is 69.6 Å². The second kappa shape index (κ2) is 6.08. The third kappa shape index (κ3) is 3.80. The van der Waals surface area contributed by atoms with Crippen molar-refractivity contribution in [3.63, 3.8) is 0 Å². The molecule has 15 heavy (non-hydrogen) atoms. The maximum Gasteiger partial charge on any atom is 0.220 e. The van der Waals surface area contributed by atoms with E-state index in [4.69, 9.17) is 5.11 Å². The van der Waals surface area contributed by atoms with Crippen LogP contribution in [0, 0.1) is 0 Å². The number of hydrogen-bond donors (Lipinski definition) is 3. The van der Waals surface area contributed by atoms with Gasteiger partial charge in [0.05, 0.1) is 12.1 Å². The predicted molar refractivity (Wildman–Crippen MR) is 57.4 cm³/mol. The van der Waals surface area contributed by atoms with Gasteiger partial charge in [-0.25, -0.2) is 0 Å². The monoisotopic (exact) mass is 215 g/mol. The van der Waals surface area contributed by atoms with Crippen molar-refractivity contribution in [1.29, 1.82) is 0 Å². The Morgan fingerprint density at radius 2 is 1.87 bits per heavy atom. The number of hydrogen-bond acceptors (Lipinski definition) is 3. The van der Waals surface area contributed by atoms with Gasteiger partial charge in [0.1, 0.15) is 0 Å². The van der Waals surface area contributed by atoms with Gasteiger partial charge in [-0.3, -0.25) is 4.79 Å². The molecule has 1 rings (SSSR count). The van der Waals surface area contributed by atoms with Gasteiger partial charge in [0.25, 0.3) is 0 Å². The first-order chi connectivity index (χ1) is 7.22. The molecule has 0 spiro atoms. The molecule has 88 valence electrons. The molecule has 1 amide bonds. The average Bonchev–Trinajstić information content (AvgIpc) is 2.27. The fraction of sp³-hybridized carbons (Fsp3) is 0.909. The van der Waals surface area contributed by atoms with Gasteiger partial charge in [0, 0.05) is 13.0 Å². The highest BCUT2D eigenvalue weighted by Gasteiger charge is 2.32. The fourth-order valence-corrected chi connectivity index (χ4v) is 2.15. The first-order valence-corrected chi connectivity index (χ1v) is 5.75. The molecule has 0 atom stereocenters. The molecule has 0 aromatic rings. The quantitative estimate of drug-likeness (QED) is 0.628. The molecule has 3 N–H and O–H groups in total. The van der Waals surface area contributed by atoms with Crippen molar-refractivity contribution in [1.82, 2.24) is 5.32 Å². The van der Waals surface area contributed by atoms with E-state index in [1.54, 1.807) is 0 Å². The highest BCUT2D eigenvalue weighted by Crippen LogP contribution is 2.27. The highest BCUT2D eigenvalue weighted by atomic mass is 16.3. The molecule has 0 aromatic heterocycles. The number of carbonyl (C=O) groups is 1. The van der Waals surface area contributed by atoms with Gasteiger partial charge in [-0.1, -0.05) is 19.3 Å². The van der Waals surface area contributed by atoms with Crippen molar-refractivity contribution >= 4 is 5.91 Å². The van der Waals surface area contributed by atoms with E-state index in [1.807, 2.05) is 0 Å². The molecular weight excluding hydrogens is 194 g/mol. The lowest BCUT2D eigenvalue weighted by Gasteiger charge is -2.36. The van der Waals surface area contributed by atoms with Crippen LogP contribution in [-0.2, 0) is 4.79 Å². The number of nitrogens with one attached hydrogen (secondary N) is 1. The fourth-order valence-electron chi connectivity index (χ4n) is 2.15. The maximum absolute atomic E-state index is 11.5. The van der Waals surface area contributed by atoms with E-state index in [0.717, 1.165) is 25.7 Å². The molecule has 4 nitrogen and oxygen atoms in total. The predicted octanol–water partition coefficient (Wildman–Crippen LogP) is 0.570. The summed E-state index contributed by atoms with van der Waals surface area (Å²) in [6.07, 6.45) is 5.91. The minimum atomic E-state index is -0.384. The standard InChI is InChI=1S/C11H21NO3/c13-8-4-5-10(15)12-11(9-14)6-2-1-3-7-11/h13-14H,1-9H2,(H,12,15). The molecule has 1 saturated carbocycles. The number of aliphatic hydroxyl groups excluding tert-OH is 2. The Kier molecular flexibility index (Phi) is 5.05. The van der Waals surface area contributed by atoms with E-state index in [2.05, 4.69) is 5.32 Å². The molecule has 1 aliphatic rings. The highest BCUT2D eigenvalue weighted by molar-refractivity contribution is 5.76. The van der Waals surface area contributed by atoms with Crippen molar-refractivity contribution in [2.75, 3.05) is 13.2 Å². The summed E-state index contributed by atoms with van der Waals surface area (Å²) in [5.41, 5.74) is -0.384. The third-order valence-corrected chi connectivity index (χ3v) is 3.08. The minimum Gasteiger partial charge on any atom is -0.396 e. The van der Waals surface area contributed by atoms with Gasteiger partial charge < -0.3 is 15.5 Å². The van der Waals surface area contributed by atoms with E-state index in [1.165, 1.54) is 6.42 Å². The summed E-state index contributed by atoms with van der Waals surface area (Å²) in [7, 11) is 0. The Labute approximate surface area is 90.7 Å². The number of carbonyl (C=O) groups excluding carboxylic acids is 1. The summed E-state index contributed by atoms with van der Waals surface area (Å²) >= 11 is 0. The smallest absolute Gasteiger partial charge is 0.220 e. The number of aliphatic hydroxyl groups is 2. The van der Waals surface area contributed by atoms with Gasteiger partial charge >= 0.3 is 0 Å². The Hall–Kier alpha value is -0.610. The van der Waals surface area contributed by atoms with Crippen LogP contribution in [0.4, 0.5) is 0 Å². The van der Waals surface area contributed by atoms with Crippen molar-refractivity contribution in [3.05, 3.63) is 0 Å². The van der Waals surface area contributed by atoms with Crippen molar-refractivity contribution in [3.8, 4) is 0 Å². The van der Waals surface area contributed by atoms with E-state index in [0.29, 0.717) is 12.8 Å². The van der Waals surface area contributed by atoms with Crippen LogP contribution < -0.4 is 5.32 Å². The molecule has 0 unspecified atom stereocenters. The van der Waals surface area contributed by atoms with Crippen LogP contribution in [0.5, 0.6) is 0 Å². The van der Waals surface area contributed by atoms with Crippen molar-refractivity contribution in [2.45, 2.75) is 50.5 Å². The largest absolute Gasteiger partial charge is 0.396 e. The van der Waals surface area contributed by atoms with Crippen LogP contribution in [0.15, 0.2) is 0 Å². The van der Waals surface area contributed by atoms with E-state index in [-0.39, 0.29) is 24.7 Å². The van der Waals surface area contributed by atoms with Gasteiger partial charge in [-0.15, -0.1) is 0 Å². The summed E-state index contributed by atoms with van der Waals surface area (Å²) in [6.45, 7) is 0.0669. The molecule has 1 fully saturated rings. The Morgan fingerprint density at radius 3 is 2.40 bits per heavy atom. The molecule has 0 radical (unpaired) electrons. The number of rotatable bonds is 5. The summed E-state index contributed by atoms with van der Waals surface area (Å²) in [5.74, 6) is -0.0556. The lowest BCUT2D eigenvalue weighted by atomic mass is 9.82. The van der Waals surface area contributed by atoms with Crippen LogP contribution in [0.25, 0.3) is 0 Å². The lowest BCUT2D eigenvalue weighted by molar-refractivity contribution is -0.124. The summed E-state index contributed by atoms with van der Waals surface area (Å²) < 4.78 is 0. The molecule has 0 bridgehead atoms. The molecular formula is C11H21NO3. The first-order valence-electron chi connectivity index (χ1n) is 5.75. The Morgan fingerprint density at radius 1 is 1.20 bits per heavy atom. The normalized spacial score (nSPS) is 19.9. The molecule has 0 saturated heterocycles.